The molecule has 0 bridgehead atoms. The monoisotopic (exact) mass is 597 g/mol. The number of aromatic nitrogens is 3. The van der Waals surface area contributed by atoms with E-state index in [1.165, 1.54) is 39.0 Å². The highest BCUT2D eigenvalue weighted by molar-refractivity contribution is 5.93. The van der Waals surface area contributed by atoms with Crippen molar-refractivity contribution in [2.75, 3.05) is 31.6 Å². The Kier molecular flexibility index (Phi) is 7.77. The van der Waals surface area contributed by atoms with E-state index < -0.39 is 35.6 Å². The van der Waals surface area contributed by atoms with Crippen LogP contribution in [0, 0.1) is 37.2 Å². The van der Waals surface area contributed by atoms with Crippen LogP contribution < -0.4 is 10.1 Å². The fraction of sp³-hybridized carbons (Fsp3) is 0.414. The molecular weight excluding hydrogens is 567 g/mol. The van der Waals surface area contributed by atoms with Crippen molar-refractivity contribution in [2.24, 2.45) is 11.0 Å². The van der Waals surface area contributed by atoms with Crippen LogP contribution in [0.2, 0.25) is 0 Å². The number of rotatable bonds is 6. The lowest BCUT2D eigenvalue weighted by Crippen LogP contribution is -2.58. The van der Waals surface area contributed by atoms with E-state index in [0.717, 1.165) is 12.3 Å². The van der Waals surface area contributed by atoms with E-state index in [4.69, 9.17) is 9.47 Å². The number of hydrogen-bond donors (Lipinski definition) is 1. The fourth-order valence-electron chi connectivity index (χ4n) is 5.48. The van der Waals surface area contributed by atoms with Crippen LogP contribution in [-0.2, 0) is 9.53 Å². The van der Waals surface area contributed by atoms with Crippen molar-refractivity contribution in [3.63, 3.8) is 0 Å². The summed E-state index contributed by atoms with van der Waals surface area (Å²) in [5.74, 6) is -2.14. The molecule has 0 aliphatic carbocycles. The molecular formula is C29H30F3N7O4. The van der Waals surface area contributed by atoms with Gasteiger partial charge in [-0.1, -0.05) is 0 Å². The largest absolute Gasteiger partial charge is 0.483 e. The van der Waals surface area contributed by atoms with Crippen molar-refractivity contribution < 1.29 is 32.2 Å². The molecule has 0 unspecified atom stereocenters. The molecule has 3 aliphatic heterocycles. The molecule has 0 saturated carbocycles. The third kappa shape index (κ3) is 5.78. The number of benzene rings is 1. The molecule has 2 fully saturated rings. The second kappa shape index (κ2) is 11.7. The van der Waals surface area contributed by atoms with Gasteiger partial charge < -0.3 is 19.7 Å². The Morgan fingerprint density at radius 1 is 1.05 bits per heavy atom. The van der Waals surface area contributed by atoms with Gasteiger partial charge in [0.15, 0.2) is 17.4 Å². The molecule has 2 aromatic heterocycles. The lowest BCUT2D eigenvalue weighted by atomic mass is 9.99. The first-order chi connectivity index (χ1) is 20.7. The summed E-state index contributed by atoms with van der Waals surface area (Å²) < 4.78 is 55.0. The molecule has 0 spiro atoms. The van der Waals surface area contributed by atoms with Crippen LogP contribution in [0.5, 0.6) is 5.75 Å². The topological polar surface area (TPSA) is 114 Å². The molecule has 0 radical (unpaired) electrons. The lowest BCUT2D eigenvalue weighted by Gasteiger charge is -2.41. The molecule has 6 rings (SSSR count). The Morgan fingerprint density at radius 3 is 2.49 bits per heavy atom. The Hall–Kier alpha value is -4.46. The summed E-state index contributed by atoms with van der Waals surface area (Å²) in [6.45, 7) is 4.97. The van der Waals surface area contributed by atoms with Gasteiger partial charge in [-0.25, -0.2) is 32.6 Å². The number of pyridine rings is 1. The number of hydrazone groups is 1. The molecule has 1 atom stereocenters. The van der Waals surface area contributed by atoms with Gasteiger partial charge in [0, 0.05) is 43.9 Å². The summed E-state index contributed by atoms with van der Waals surface area (Å²) in [5, 5.41) is 12.8. The third-order valence-electron chi connectivity index (χ3n) is 7.86. The second-order valence-electron chi connectivity index (χ2n) is 10.8. The Labute approximate surface area is 245 Å². The molecule has 3 amide bonds. The van der Waals surface area contributed by atoms with Crippen LogP contribution in [-0.4, -0.2) is 75.2 Å². The third-order valence-corrected chi connectivity index (χ3v) is 7.86. The van der Waals surface area contributed by atoms with Gasteiger partial charge in [-0.2, -0.15) is 10.2 Å². The number of likely N-dealkylation sites (tertiary alicyclic amines) is 1. The van der Waals surface area contributed by atoms with Gasteiger partial charge in [0.2, 0.25) is 5.91 Å². The zero-order valence-corrected chi connectivity index (χ0v) is 23.6. The maximum absolute atomic E-state index is 14.7. The number of ether oxygens (including phenoxy) is 2. The minimum absolute atomic E-state index is 0.0604. The minimum atomic E-state index is -0.734. The van der Waals surface area contributed by atoms with Gasteiger partial charge in [-0.05, 0) is 44.4 Å². The number of amides is 3. The molecule has 226 valence electrons. The van der Waals surface area contributed by atoms with Crippen molar-refractivity contribution in [3.05, 3.63) is 64.9 Å². The summed E-state index contributed by atoms with van der Waals surface area (Å²) in [7, 11) is 0. The Bertz CT molecular complexity index is 1560. The predicted molar refractivity (Wildman–Crippen MR) is 148 cm³/mol. The molecule has 5 heterocycles. The molecule has 11 nitrogen and oxygen atoms in total. The van der Waals surface area contributed by atoms with Gasteiger partial charge in [0.25, 0.3) is 0 Å². The van der Waals surface area contributed by atoms with Crippen LogP contribution in [0.3, 0.4) is 0 Å². The zero-order valence-electron chi connectivity index (χ0n) is 23.6. The summed E-state index contributed by atoms with van der Waals surface area (Å²) >= 11 is 0. The minimum Gasteiger partial charge on any atom is -0.483 e. The highest BCUT2D eigenvalue weighted by atomic mass is 19.1. The number of aryl methyl sites for hydroxylation is 1. The highest BCUT2D eigenvalue weighted by Gasteiger charge is 2.39. The van der Waals surface area contributed by atoms with E-state index in [9.17, 15) is 22.8 Å². The van der Waals surface area contributed by atoms with Gasteiger partial charge >= 0.3 is 6.03 Å². The van der Waals surface area contributed by atoms with E-state index in [2.05, 4.69) is 20.5 Å². The number of halogens is 3. The van der Waals surface area contributed by atoms with E-state index in [1.807, 2.05) is 0 Å². The SMILES string of the molecule is Cc1nn(-c2cc(OC3CN(C(=O)N4N=CC[C@H]4c4cc(F)cc(F)c4)C3)c(F)cn2)c(C)c1NC(=O)C1CCOCC1. The molecule has 43 heavy (non-hydrogen) atoms. The van der Waals surface area contributed by atoms with Crippen molar-refractivity contribution in [1.29, 1.82) is 0 Å². The van der Waals surface area contributed by atoms with Gasteiger partial charge in [-0.3, -0.25) is 4.79 Å². The molecule has 14 heteroatoms. The first-order valence-electron chi connectivity index (χ1n) is 14.0. The van der Waals surface area contributed by atoms with Gasteiger partial charge in [0.05, 0.1) is 42.4 Å². The van der Waals surface area contributed by atoms with Crippen LogP contribution >= 0.6 is 0 Å². The van der Waals surface area contributed by atoms with Gasteiger partial charge in [-0.15, -0.1) is 0 Å². The van der Waals surface area contributed by atoms with Crippen LogP contribution in [0.1, 0.15) is 42.3 Å². The van der Waals surface area contributed by atoms with Crippen LogP contribution in [0.15, 0.2) is 35.6 Å². The van der Waals surface area contributed by atoms with Crippen molar-refractivity contribution in [1.82, 2.24) is 24.7 Å². The summed E-state index contributed by atoms with van der Waals surface area (Å²) in [6, 6.07) is 3.47. The van der Waals surface area contributed by atoms with E-state index in [0.29, 0.717) is 60.9 Å². The average Bonchev–Trinajstić information content (AvgIpc) is 3.56. The first kappa shape index (κ1) is 28.6. The Morgan fingerprint density at radius 2 is 1.77 bits per heavy atom. The summed E-state index contributed by atoms with van der Waals surface area (Å²) in [6.07, 6.45) is 3.68. The van der Waals surface area contributed by atoms with Crippen molar-refractivity contribution in [3.8, 4) is 11.6 Å². The maximum Gasteiger partial charge on any atom is 0.341 e. The highest BCUT2D eigenvalue weighted by Crippen LogP contribution is 2.32. The Balaban J connectivity index is 1.10. The number of nitrogens with one attached hydrogen (secondary N) is 1. The standard InChI is InChI=1S/C29H30F3N7O4/c1-16-27(35-28(40)18-4-7-42-8-5-18)17(2)38(36-16)26-12-25(23(32)13-33-26)43-22-14-37(15-22)29(41)39-24(3-6-34-39)19-9-20(30)11-21(31)10-19/h6,9-13,18,22,24H,3-5,7-8,14-15H2,1-2H3,(H,35,40)/t24-/m0/s1. The molecule has 2 saturated heterocycles. The smallest absolute Gasteiger partial charge is 0.341 e. The van der Waals surface area contributed by atoms with Crippen LogP contribution in [0.25, 0.3) is 5.82 Å². The van der Waals surface area contributed by atoms with E-state index in [1.54, 1.807) is 13.8 Å². The van der Waals surface area contributed by atoms with Crippen LogP contribution in [0.4, 0.5) is 23.7 Å². The lowest BCUT2D eigenvalue weighted by molar-refractivity contribution is -0.122. The fourth-order valence-corrected chi connectivity index (χ4v) is 5.48. The normalized spacial score (nSPS) is 19.0. The zero-order chi connectivity index (χ0) is 30.2. The second-order valence-corrected chi connectivity index (χ2v) is 10.8. The molecule has 1 aromatic carbocycles. The molecule has 3 aromatic rings. The number of hydrogen-bond acceptors (Lipinski definition) is 7. The maximum atomic E-state index is 14.7. The number of carbonyl (C=O) groups is 2. The number of nitrogens with zero attached hydrogens (tertiary/aromatic N) is 6. The quantitative estimate of drug-likeness (QED) is 0.454. The van der Waals surface area contributed by atoms with Gasteiger partial charge in [0.1, 0.15) is 17.7 Å². The number of carbonyl (C=O) groups excluding carboxylic acids is 2. The molecule has 3 aliphatic rings. The summed E-state index contributed by atoms with van der Waals surface area (Å²) in [5.41, 5.74) is 2.09. The number of urea groups is 1. The predicted octanol–water partition coefficient (Wildman–Crippen LogP) is 4.28. The first-order valence-corrected chi connectivity index (χ1v) is 14.0. The van der Waals surface area contributed by atoms with E-state index in [-0.39, 0.29) is 30.7 Å². The van der Waals surface area contributed by atoms with Crippen molar-refractivity contribution in [2.45, 2.75) is 45.3 Å². The summed E-state index contributed by atoms with van der Waals surface area (Å²) in [4.78, 5) is 31.5. The van der Waals surface area contributed by atoms with Crippen molar-refractivity contribution >= 4 is 23.8 Å². The molecule has 1 N–H and O–H groups in total. The number of anilines is 1. The van der Waals surface area contributed by atoms with E-state index >= 15 is 0 Å². The average molecular weight is 598 g/mol.